The van der Waals surface area contributed by atoms with Crippen molar-refractivity contribution in [3.05, 3.63) is 47.8 Å². The van der Waals surface area contributed by atoms with Crippen LogP contribution in [0.25, 0.3) is 22.2 Å². The molecule has 1 N–H and O–H groups in total. The van der Waals surface area contributed by atoms with E-state index in [2.05, 4.69) is 14.9 Å². The fourth-order valence-electron chi connectivity index (χ4n) is 11.8. The maximum Gasteiger partial charge on any atom is 0.287 e. The van der Waals surface area contributed by atoms with Crippen molar-refractivity contribution in [2.24, 2.45) is 23.7 Å². The summed E-state index contributed by atoms with van der Waals surface area (Å²) in [6.45, 7) is 1.92. The van der Waals surface area contributed by atoms with Crippen LogP contribution < -0.4 is 10.1 Å². The number of pyridine rings is 1. The summed E-state index contributed by atoms with van der Waals surface area (Å²) in [5, 5.41) is 3.83. The second-order valence-electron chi connectivity index (χ2n) is 18.0. The van der Waals surface area contributed by atoms with Crippen LogP contribution in [0.15, 0.2) is 36.5 Å². The van der Waals surface area contributed by atoms with Gasteiger partial charge in [-0.05, 0) is 138 Å². The molecule has 3 aromatic rings. The van der Waals surface area contributed by atoms with Crippen molar-refractivity contribution in [2.75, 3.05) is 13.1 Å². The van der Waals surface area contributed by atoms with E-state index in [-0.39, 0.29) is 60.2 Å². The Morgan fingerprint density at radius 2 is 1.51 bits per heavy atom. The average Bonchev–Trinajstić information content (AvgIpc) is 3.50. The zero-order chi connectivity index (χ0) is 38.4. The van der Waals surface area contributed by atoms with Crippen LogP contribution in [-0.4, -0.2) is 69.0 Å². The molecule has 7 fully saturated rings. The Balaban J connectivity index is 1.01. The van der Waals surface area contributed by atoms with Gasteiger partial charge in [-0.1, -0.05) is 0 Å². The number of ether oxygens (including phenoxy) is 1. The molecule has 0 atom stereocenters. The van der Waals surface area contributed by atoms with E-state index in [0.29, 0.717) is 48.8 Å². The first-order valence-electron chi connectivity index (χ1n) is 20.5. The van der Waals surface area contributed by atoms with Crippen molar-refractivity contribution >= 4 is 22.6 Å². The monoisotopic (exact) mass is 766 g/mol. The van der Waals surface area contributed by atoms with E-state index in [4.69, 9.17) is 4.74 Å². The SMILES string of the molecule is CC(=O)C1(NC(=O)c2ccc(-c3cn(C4CCC(F)CC4)c4cc(OC5CCC(N6CC(F)(F)C6)CC5)ccc34)nc2C(C)(F)F)C2CC3CC(C2)CC1C3. The Morgan fingerprint density at radius 3 is 2.11 bits per heavy atom. The number of hydrogen-bond acceptors (Lipinski definition) is 5. The number of amides is 1. The van der Waals surface area contributed by atoms with Gasteiger partial charge in [0.25, 0.3) is 17.8 Å². The maximum absolute atomic E-state index is 15.5. The highest BCUT2D eigenvalue weighted by Gasteiger charge is 2.60. The Bertz CT molecular complexity index is 1940. The number of ketones is 1. The molecule has 10 rings (SSSR count). The number of nitrogens with zero attached hydrogens (tertiary/aromatic N) is 3. The lowest BCUT2D eigenvalue weighted by Crippen LogP contribution is -2.69. The molecule has 1 saturated heterocycles. The predicted molar refractivity (Wildman–Crippen MR) is 198 cm³/mol. The fourth-order valence-corrected chi connectivity index (χ4v) is 11.8. The van der Waals surface area contributed by atoms with Crippen molar-refractivity contribution < 1.29 is 36.3 Å². The number of benzene rings is 1. The van der Waals surface area contributed by atoms with Gasteiger partial charge >= 0.3 is 0 Å². The van der Waals surface area contributed by atoms with Crippen molar-refractivity contribution in [1.29, 1.82) is 0 Å². The van der Waals surface area contributed by atoms with E-state index in [1.165, 1.54) is 19.4 Å². The number of likely N-dealkylation sites (tertiary alicyclic amines) is 1. The van der Waals surface area contributed by atoms with Gasteiger partial charge in [0.15, 0.2) is 5.78 Å². The summed E-state index contributed by atoms with van der Waals surface area (Å²) in [6, 6.07) is 8.87. The van der Waals surface area contributed by atoms with E-state index in [1.807, 2.05) is 29.3 Å². The first kappa shape index (κ1) is 37.1. The molecule has 6 saturated carbocycles. The third-order valence-corrected chi connectivity index (χ3v) is 14.3. The fraction of sp³-hybridized carbons (Fsp3) is 0.651. The largest absolute Gasteiger partial charge is 0.490 e. The Hall–Kier alpha value is -3.54. The summed E-state index contributed by atoms with van der Waals surface area (Å²) >= 11 is 0. The third-order valence-electron chi connectivity index (χ3n) is 14.3. The number of fused-ring (bicyclic) bond motifs is 1. The molecular weight excluding hydrogens is 715 g/mol. The highest BCUT2D eigenvalue weighted by molar-refractivity contribution is 6.01. The lowest BCUT2D eigenvalue weighted by Gasteiger charge is -2.60. The van der Waals surface area contributed by atoms with Crippen LogP contribution in [0.5, 0.6) is 5.75 Å². The molecule has 1 aromatic carbocycles. The molecule has 3 heterocycles. The smallest absolute Gasteiger partial charge is 0.287 e. The number of halogens is 5. The Morgan fingerprint density at radius 1 is 0.873 bits per heavy atom. The zero-order valence-corrected chi connectivity index (χ0v) is 31.6. The molecule has 12 heteroatoms. The molecule has 7 nitrogen and oxygen atoms in total. The van der Waals surface area contributed by atoms with Crippen LogP contribution in [0, 0.1) is 23.7 Å². The minimum Gasteiger partial charge on any atom is -0.490 e. The molecule has 1 aliphatic heterocycles. The zero-order valence-electron chi connectivity index (χ0n) is 31.6. The van der Waals surface area contributed by atoms with E-state index in [1.54, 1.807) is 6.07 Å². The molecule has 4 bridgehead atoms. The summed E-state index contributed by atoms with van der Waals surface area (Å²) < 4.78 is 80.8. The van der Waals surface area contributed by atoms with Gasteiger partial charge in [0, 0.05) is 42.2 Å². The number of rotatable bonds is 9. The highest BCUT2D eigenvalue weighted by Crippen LogP contribution is 2.58. The van der Waals surface area contributed by atoms with Gasteiger partial charge in [0.2, 0.25) is 0 Å². The van der Waals surface area contributed by atoms with E-state index in [0.717, 1.165) is 69.2 Å². The third kappa shape index (κ3) is 6.65. The van der Waals surface area contributed by atoms with Crippen LogP contribution in [-0.2, 0) is 10.7 Å². The van der Waals surface area contributed by atoms with Gasteiger partial charge in [-0.15, -0.1) is 0 Å². The molecule has 7 aliphatic rings. The number of carbonyl (C=O) groups is 2. The van der Waals surface area contributed by atoms with Crippen LogP contribution in [0.2, 0.25) is 0 Å². The molecule has 0 unspecified atom stereocenters. The summed E-state index contributed by atoms with van der Waals surface area (Å²) in [6.07, 6.45) is 10.8. The Kier molecular flexibility index (Phi) is 9.13. The minimum atomic E-state index is -3.45. The molecule has 6 aliphatic carbocycles. The maximum atomic E-state index is 15.5. The average molecular weight is 767 g/mol. The lowest BCUT2D eigenvalue weighted by molar-refractivity contribution is -0.151. The van der Waals surface area contributed by atoms with E-state index < -0.39 is 35.2 Å². The van der Waals surface area contributed by atoms with Gasteiger partial charge in [-0.3, -0.25) is 14.5 Å². The van der Waals surface area contributed by atoms with Crippen LogP contribution >= 0.6 is 0 Å². The van der Waals surface area contributed by atoms with Gasteiger partial charge in [0.1, 0.15) is 23.2 Å². The van der Waals surface area contributed by atoms with Crippen molar-refractivity contribution in [3.63, 3.8) is 0 Å². The standard InChI is InChI=1S/C43H51F5N4O3/c1-24(53)43(27-16-25-15-26(18-27)19-28(43)17-25)50-40(54)35-13-14-37(49-39(35)41(2,45)46)36-21-52(31-5-3-29(44)4-6-31)38-20-33(11-12-34(36)38)55-32-9-7-30(8-10-32)51-22-42(47,48)23-51/h11-14,20-21,25-32H,3-10,15-19,22-23H2,1-2H3,(H,50,54). The number of nitrogens with one attached hydrogen (secondary N) is 1. The second kappa shape index (κ2) is 13.5. The normalized spacial score (nSPS) is 34.4. The number of aromatic nitrogens is 2. The van der Waals surface area contributed by atoms with Gasteiger partial charge in [-0.2, -0.15) is 8.78 Å². The highest BCUT2D eigenvalue weighted by atomic mass is 19.3. The van der Waals surface area contributed by atoms with Crippen molar-refractivity contribution in [2.45, 2.75) is 139 Å². The Labute approximate surface area is 318 Å². The van der Waals surface area contributed by atoms with Gasteiger partial charge in [0.05, 0.1) is 36.0 Å². The predicted octanol–water partition coefficient (Wildman–Crippen LogP) is 9.42. The lowest BCUT2D eigenvalue weighted by atomic mass is 9.47. The molecule has 0 radical (unpaired) electrons. The molecule has 296 valence electrons. The van der Waals surface area contributed by atoms with Gasteiger partial charge < -0.3 is 14.6 Å². The van der Waals surface area contributed by atoms with Crippen molar-refractivity contribution in [1.82, 2.24) is 19.8 Å². The quantitative estimate of drug-likeness (QED) is 0.220. The number of alkyl halides is 5. The first-order chi connectivity index (χ1) is 26.2. The number of hydrogen-bond donors (Lipinski definition) is 1. The topological polar surface area (TPSA) is 76.5 Å². The van der Waals surface area contributed by atoms with Crippen LogP contribution in [0.4, 0.5) is 22.0 Å². The van der Waals surface area contributed by atoms with E-state index >= 15 is 8.78 Å². The molecular formula is C43H51F5N4O3. The van der Waals surface area contributed by atoms with Gasteiger partial charge in [-0.25, -0.2) is 18.2 Å². The van der Waals surface area contributed by atoms with E-state index in [9.17, 15) is 22.8 Å². The molecule has 0 spiro atoms. The summed E-state index contributed by atoms with van der Waals surface area (Å²) in [5.74, 6) is -5.06. The summed E-state index contributed by atoms with van der Waals surface area (Å²) in [5.41, 5.74) is -0.193. The first-order valence-corrected chi connectivity index (χ1v) is 20.5. The number of Topliss-reactive ketones (excluding diaryl/α,β-unsaturated/α-hetero) is 1. The van der Waals surface area contributed by atoms with Crippen LogP contribution in [0.1, 0.15) is 119 Å². The molecule has 1 amide bonds. The summed E-state index contributed by atoms with van der Waals surface area (Å²) in [7, 11) is 0. The minimum absolute atomic E-state index is 0.00621. The summed E-state index contributed by atoms with van der Waals surface area (Å²) in [4.78, 5) is 33.9. The van der Waals surface area contributed by atoms with Crippen LogP contribution in [0.3, 0.4) is 0 Å². The molecule has 2 aromatic heterocycles. The van der Waals surface area contributed by atoms with Crippen molar-refractivity contribution in [3.8, 4) is 17.0 Å². The second-order valence-corrected chi connectivity index (χ2v) is 18.0. The molecule has 55 heavy (non-hydrogen) atoms. The number of carbonyl (C=O) groups excluding carboxylic acids is 2.